The number of carboxylic acids is 1. The third-order valence-electron chi connectivity index (χ3n) is 2.78. The van der Waals surface area contributed by atoms with Crippen LogP contribution < -0.4 is 0 Å². The predicted molar refractivity (Wildman–Crippen MR) is 90.6 cm³/mol. The fourth-order valence-electron chi connectivity index (χ4n) is 1.77. The Morgan fingerprint density at radius 1 is 1.39 bits per heavy atom. The number of hydrogen-bond donors (Lipinski definition) is 1. The molecular formula is C14H15ClN2O4S2. The second-order valence-electron chi connectivity index (χ2n) is 5.21. The van der Waals surface area contributed by atoms with Gasteiger partial charge in [-0.25, -0.2) is 14.8 Å². The standard InChI is InChI=1S/C14H15ClN2O4S2/c1-6(2)4-21-13(20)10-7(3)9-11(15)16-14(17-12(9)23-10)22-5-8(18)19/h6H,4-5H2,1-3H3,(H,18,19). The summed E-state index contributed by atoms with van der Waals surface area (Å²) in [5.41, 5.74) is 0.679. The van der Waals surface area contributed by atoms with E-state index in [-0.39, 0.29) is 22.0 Å². The van der Waals surface area contributed by atoms with Crippen LogP contribution in [0.3, 0.4) is 0 Å². The van der Waals surface area contributed by atoms with Gasteiger partial charge in [-0.2, -0.15) is 0 Å². The van der Waals surface area contributed by atoms with E-state index in [0.717, 1.165) is 11.8 Å². The van der Waals surface area contributed by atoms with Gasteiger partial charge >= 0.3 is 11.9 Å². The van der Waals surface area contributed by atoms with Crippen molar-refractivity contribution in [3.8, 4) is 0 Å². The molecule has 0 fully saturated rings. The molecule has 0 aliphatic heterocycles. The Morgan fingerprint density at radius 3 is 2.70 bits per heavy atom. The maximum atomic E-state index is 12.2. The number of carbonyl (C=O) groups is 2. The summed E-state index contributed by atoms with van der Waals surface area (Å²) in [5, 5.41) is 9.80. The Hall–Kier alpha value is -1.38. The van der Waals surface area contributed by atoms with Crippen molar-refractivity contribution in [2.75, 3.05) is 12.4 Å². The molecule has 0 aliphatic rings. The molecule has 0 spiro atoms. The minimum Gasteiger partial charge on any atom is -0.481 e. The molecule has 0 aliphatic carbocycles. The fraction of sp³-hybridized carbons (Fsp3) is 0.429. The van der Waals surface area contributed by atoms with Gasteiger partial charge in [0, 0.05) is 0 Å². The summed E-state index contributed by atoms with van der Waals surface area (Å²) in [6, 6.07) is 0. The predicted octanol–water partition coefficient (Wildman–Crippen LogP) is 3.64. The number of nitrogens with zero attached hydrogens (tertiary/aromatic N) is 2. The summed E-state index contributed by atoms with van der Waals surface area (Å²) in [6.45, 7) is 6.02. The SMILES string of the molecule is Cc1c(C(=O)OCC(C)C)sc2nc(SCC(=O)O)nc(Cl)c12. The third-order valence-corrected chi connectivity index (χ3v) is 5.05. The monoisotopic (exact) mass is 374 g/mol. The van der Waals surface area contributed by atoms with Gasteiger partial charge in [0.15, 0.2) is 5.16 Å². The second kappa shape index (κ2) is 7.46. The van der Waals surface area contributed by atoms with E-state index in [9.17, 15) is 9.59 Å². The first-order valence-electron chi connectivity index (χ1n) is 6.78. The van der Waals surface area contributed by atoms with E-state index in [2.05, 4.69) is 9.97 Å². The zero-order chi connectivity index (χ0) is 17.1. The lowest BCUT2D eigenvalue weighted by atomic mass is 10.2. The Labute approximate surface area is 146 Å². The number of rotatable bonds is 6. The van der Waals surface area contributed by atoms with Gasteiger partial charge in [0.25, 0.3) is 0 Å². The number of carbonyl (C=O) groups excluding carboxylic acids is 1. The largest absolute Gasteiger partial charge is 0.481 e. The van der Waals surface area contributed by atoms with Crippen molar-refractivity contribution in [1.82, 2.24) is 9.97 Å². The normalized spacial score (nSPS) is 11.2. The van der Waals surface area contributed by atoms with Crippen LogP contribution >= 0.6 is 34.7 Å². The Kier molecular flexibility index (Phi) is 5.83. The molecule has 2 aromatic heterocycles. The maximum Gasteiger partial charge on any atom is 0.348 e. The summed E-state index contributed by atoms with van der Waals surface area (Å²) in [7, 11) is 0. The zero-order valence-electron chi connectivity index (χ0n) is 12.8. The van der Waals surface area contributed by atoms with Gasteiger partial charge in [-0.1, -0.05) is 37.2 Å². The van der Waals surface area contributed by atoms with E-state index >= 15 is 0 Å². The van der Waals surface area contributed by atoms with Crippen LogP contribution in [-0.2, 0) is 9.53 Å². The number of carboxylic acid groups (broad SMARTS) is 1. The molecule has 9 heteroatoms. The van der Waals surface area contributed by atoms with Gasteiger partial charge in [-0.3, -0.25) is 4.79 Å². The van der Waals surface area contributed by atoms with Gasteiger partial charge in [-0.05, 0) is 18.4 Å². The average molecular weight is 375 g/mol. The maximum absolute atomic E-state index is 12.2. The molecule has 2 heterocycles. The molecule has 124 valence electrons. The summed E-state index contributed by atoms with van der Waals surface area (Å²) in [4.78, 5) is 32.2. The van der Waals surface area contributed by atoms with Gasteiger partial charge in [-0.15, -0.1) is 11.3 Å². The summed E-state index contributed by atoms with van der Waals surface area (Å²) in [5.74, 6) is -1.28. The highest BCUT2D eigenvalue weighted by atomic mass is 35.5. The van der Waals surface area contributed by atoms with Crippen LogP contribution in [0.15, 0.2) is 5.16 Å². The summed E-state index contributed by atoms with van der Waals surface area (Å²) < 4.78 is 5.25. The first-order valence-corrected chi connectivity index (χ1v) is 8.96. The number of thiophene rings is 1. The minimum atomic E-state index is -0.963. The molecule has 0 saturated carbocycles. The topological polar surface area (TPSA) is 89.4 Å². The molecule has 6 nitrogen and oxygen atoms in total. The Morgan fingerprint density at radius 2 is 2.09 bits per heavy atom. The Balaban J connectivity index is 2.34. The first-order chi connectivity index (χ1) is 10.8. The number of thioether (sulfide) groups is 1. The van der Waals surface area contributed by atoms with E-state index in [4.69, 9.17) is 21.4 Å². The van der Waals surface area contributed by atoms with Crippen LogP contribution in [0.1, 0.15) is 29.1 Å². The van der Waals surface area contributed by atoms with Crippen LogP contribution in [0.25, 0.3) is 10.2 Å². The lowest BCUT2D eigenvalue weighted by Crippen LogP contribution is -2.09. The lowest BCUT2D eigenvalue weighted by molar-refractivity contribution is -0.133. The number of ether oxygens (including phenoxy) is 1. The number of halogens is 1. The molecular weight excluding hydrogens is 360 g/mol. The molecule has 2 rings (SSSR count). The zero-order valence-corrected chi connectivity index (χ0v) is 15.1. The number of fused-ring (bicyclic) bond motifs is 1. The van der Waals surface area contributed by atoms with Gasteiger partial charge in [0.05, 0.1) is 17.7 Å². The van der Waals surface area contributed by atoms with E-state index in [1.54, 1.807) is 6.92 Å². The van der Waals surface area contributed by atoms with Crippen molar-refractivity contribution < 1.29 is 19.4 Å². The quantitative estimate of drug-likeness (QED) is 0.357. The molecule has 0 atom stereocenters. The van der Waals surface area contributed by atoms with Crippen molar-refractivity contribution in [3.05, 3.63) is 15.6 Å². The fourth-order valence-corrected chi connectivity index (χ4v) is 3.88. The number of hydrogen-bond acceptors (Lipinski definition) is 7. The van der Waals surface area contributed by atoms with Crippen molar-refractivity contribution in [2.45, 2.75) is 25.9 Å². The highest BCUT2D eigenvalue weighted by Gasteiger charge is 2.21. The number of aromatic nitrogens is 2. The molecule has 2 aromatic rings. The van der Waals surface area contributed by atoms with E-state index in [1.165, 1.54) is 11.3 Å². The molecule has 0 saturated heterocycles. The minimum absolute atomic E-state index is 0.157. The molecule has 23 heavy (non-hydrogen) atoms. The first kappa shape index (κ1) is 18.0. The average Bonchev–Trinajstić information content (AvgIpc) is 2.80. The van der Waals surface area contributed by atoms with Gasteiger partial charge in [0.1, 0.15) is 14.9 Å². The van der Waals surface area contributed by atoms with Crippen molar-refractivity contribution in [2.24, 2.45) is 5.92 Å². The molecule has 0 radical (unpaired) electrons. The van der Waals surface area contributed by atoms with Crippen molar-refractivity contribution in [3.63, 3.8) is 0 Å². The van der Waals surface area contributed by atoms with Crippen LogP contribution in [0, 0.1) is 12.8 Å². The highest BCUT2D eigenvalue weighted by molar-refractivity contribution is 7.99. The molecule has 0 aromatic carbocycles. The van der Waals surface area contributed by atoms with Crippen molar-refractivity contribution in [1.29, 1.82) is 0 Å². The second-order valence-corrected chi connectivity index (χ2v) is 7.51. The van der Waals surface area contributed by atoms with Crippen LogP contribution in [-0.4, -0.2) is 39.4 Å². The van der Waals surface area contributed by atoms with Crippen molar-refractivity contribution >= 4 is 56.9 Å². The Bertz CT molecular complexity index is 761. The number of aliphatic carboxylic acids is 1. The van der Waals surface area contributed by atoms with E-state index < -0.39 is 11.9 Å². The van der Waals surface area contributed by atoms with Crippen LogP contribution in [0.2, 0.25) is 5.15 Å². The lowest BCUT2D eigenvalue weighted by Gasteiger charge is -2.06. The molecule has 1 N–H and O–H groups in total. The van der Waals surface area contributed by atoms with Crippen LogP contribution in [0.4, 0.5) is 0 Å². The summed E-state index contributed by atoms with van der Waals surface area (Å²) >= 11 is 8.33. The summed E-state index contributed by atoms with van der Waals surface area (Å²) in [6.07, 6.45) is 0. The van der Waals surface area contributed by atoms with E-state index in [0.29, 0.717) is 27.3 Å². The molecule has 0 unspecified atom stereocenters. The highest BCUT2D eigenvalue weighted by Crippen LogP contribution is 2.35. The number of aryl methyl sites for hydroxylation is 1. The van der Waals surface area contributed by atoms with Gasteiger partial charge in [0.2, 0.25) is 0 Å². The van der Waals surface area contributed by atoms with E-state index in [1.807, 2.05) is 13.8 Å². The van der Waals surface area contributed by atoms with Crippen LogP contribution in [0.5, 0.6) is 0 Å². The smallest absolute Gasteiger partial charge is 0.348 e. The number of esters is 1. The third kappa shape index (κ3) is 4.33. The molecule has 0 amide bonds. The van der Waals surface area contributed by atoms with Gasteiger partial charge < -0.3 is 9.84 Å². The molecule has 0 bridgehead atoms.